The van der Waals surface area contributed by atoms with Gasteiger partial charge in [-0.1, -0.05) is 5.16 Å². The van der Waals surface area contributed by atoms with Gasteiger partial charge in [-0.2, -0.15) is 0 Å². The van der Waals surface area contributed by atoms with Crippen LogP contribution in [0.4, 0.5) is 11.5 Å². The van der Waals surface area contributed by atoms with E-state index in [1.54, 1.807) is 13.0 Å². The zero-order valence-electron chi connectivity index (χ0n) is 15.1. The number of hydrogen-bond acceptors (Lipinski definition) is 7. The van der Waals surface area contributed by atoms with E-state index in [1.807, 2.05) is 0 Å². The standard InChI is InChI=1S/C17H18N4O6S/c1-10-9-14(20-27-10)19-16(23)11(2)18-17(24)12-3-5-13(6-4-12)21-15(22)7-8-28(21,25)26/h3-6,9,11H,7-8H2,1-2H3,(H,18,24)(H,19,20,23)/t11-/m0/s1. The van der Waals surface area contributed by atoms with Gasteiger partial charge in [0, 0.05) is 18.1 Å². The third-order valence-electron chi connectivity index (χ3n) is 4.06. The molecular formula is C17H18N4O6S. The maximum atomic E-state index is 12.3. The molecule has 0 bridgehead atoms. The Morgan fingerprint density at radius 3 is 2.46 bits per heavy atom. The molecule has 1 atom stereocenters. The van der Waals surface area contributed by atoms with E-state index >= 15 is 0 Å². The molecule has 1 aromatic carbocycles. The summed E-state index contributed by atoms with van der Waals surface area (Å²) in [6.07, 6.45) is -0.0672. The molecule has 0 saturated carbocycles. The predicted octanol–water partition coefficient (Wildman–Crippen LogP) is 0.807. The molecule has 0 spiro atoms. The molecule has 10 nitrogen and oxygen atoms in total. The van der Waals surface area contributed by atoms with Crippen molar-refractivity contribution < 1.29 is 27.3 Å². The molecule has 1 fully saturated rings. The van der Waals surface area contributed by atoms with Crippen molar-refractivity contribution in [2.45, 2.75) is 26.3 Å². The van der Waals surface area contributed by atoms with Crippen LogP contribution >= 0.6 is 0 Å². The monoisotopic (exact) mass is 406 g/mol. The number of carbonyl (C=O) groups is 3. The van der Waals surface area contributed by atoms with Crippen molar-refractivity contribution in [3.05, 3.63) is 41.7 Å². The van der Waals surface area contributed by atoms with Gasteiger partial charge in [0.15, 0.2) is 5.82 Å². The average Bonchev–Trinajstić information content (AvgIpc) is 3.16. The van der Waals surface area contributed by atoms with Crippen LogP contribution in [0, 0.1) is 6.92 Å². The van der Waals surface area contributed by atoms with Crippen LogP contribution < -0.4 is 14.9 Å². The fraction of sp³-hybridized carbons (Fsp3) is 0.294. The molecule has 148 valence electrons. The van der Waals surface area contributed by atoms with Crippen molar-refractivity contribution in [3.63, 3.8) is 0 Å². The fourth-order valence-electron chi connectivity index (χ4n) is 2.62. The number of rotatable bonds is 5. The number of sulfonamides is 1. The molecule has 11 heteroatoms. The largest absolute Gasteiger partial charge is 0.360 e. The number of amides is 3. The number of aromatic nitrogens is 1. The van der Waals surface area contributed by atoms with E-state index in [-0.39, 0.29) is 29.2 Å². The first-order chi connectivity index (χ1) is 13.2. The first-order valence-corrected chi connectivity index (χ1v) is 9.99. The lowest BCUT2D eigenvalue weighted by Gasteiger charge is -2.16. The van der Waals surface area contributed by atoms with Crippen molar-refractivity contribution in [3.8, 4) is 0 Å². The van der Waals surface area contributed by atoms with Crippen LogP contribution in [-0.2, 0) is 19.6 Å². The highest BCUT2D eigenvalue weighted by Gasteiger charge is 2.36. The van der Waals surface area contributed by atoms with Crippen molar-refractivity contribution in [2.75, 3.05) is 15.4 Å². The third-order valence-corrected chi connectivity index (χ3v) is 5.75. The lowest BCUT2D eigenvalue weighted by Crippen LogP contribution is -2.41. The van der Waals surface area contributed by atoms with E-state index in [2.05, 4.69) is 15.8 Å². The van der Waals surface area contributed by atoms with Crippen molar-refractivity contribution >= 4 is 39.3 Å². The summed E-state index contributed by atoms with van der Waals surface area (Å²) in [5.41, 5.74) is 0.385. The second kappa shape index (κ2) is 7.43. The quantitative estimate of drug-likeness (QED) is 0.749. The number of anilines is 2. The van der Waals surface area contributed by atoms with Gasteiger partial charge in [0.1, 0.15) is 11.8 Å². The Kier molecular flexibility index (Phi) is 5.18. The first-order valence-electron chi connectivity index (χ1n) is 8.38. The molecule has 0 unspecified atom stereocenters. The van der Waals surface area contributed by atoms with Gasteiger partial charge in [-0.05, 0) is 38.1 Å². The molecule has 3 amide bonds. The van der Waals surface area contributed by atoms with Gasteiger partial charge in [-0.15, -0.1) is 0 Å². The zero-order valence-corrected chi connectivity index (χ0v) is 15.9. The second-order valence-corrected chi connectivity index (χ2v) is 8.22. The van der Waals surface area contributed by atoms with Crippen LogP contribution in [0.25, 0.3) is 0 Å². The van der Waals surface area contributed by atoms with Crippen LogP contribution in [-0.4, -0.2) is 43.1 Å². The summed E-state index contributed by atoms with van der Waals surface area (Å²) in [4.78, 5) is 36.2. The molecule has 1 saturated heterocycles. The molecule has 2 heterocycles. The smallest absolute Gasteiger partial charge is 0.251 e. The van der Waals surface area contributed by atoms with E-state index in [4.69, 9.17) is 4.52 Å². The van der Waals surface area contributed by atoms with Crippen LogP contribution in [0.1, 0.15) is 29.5 Å². The number of hydrogen-bond donors (Lipinski definition) is 2. The van der Waals surface area contributed by atoms with E-state index in [0.29, 0.717) is 5.76 Å². The van der Waals surface area contributed by atoms with Crippen LogP contribution in [0.5, 0.6) is 0 Å². The van der Waals surface area contributed by atoms with E-state index in [0.717, 1.165) is 4.31 Å². The first kappa shape index (κ1) is 19.5. The maximum absolute atomic E-state index is 12.3. The van der Waals surface area contributed by atoms with Gasteiger partial charge in [-0.3, -0.25) is 14.4 Å². The van der Waals surface area contributed by atoms with Crippen molar-refractivity contribution in [1.82, 2.24) is 10.5 Å². The Balaban J connectivity index is 1.64. The highest BCUT2D eigenvalue weighted by atomic mass is 32.2. The Morgan fingerprint density at radius 2 is 1.93 bits per heavy atom. The summed E-state index contributed by atoms with van der Waals surface area (Å²) < 4.78 is 29.5. The van der Waals surface area contributed by atoms with Crippen LogP contribution in [0.2, 0.25) is 0 Å². The summed E-state index contributed by atoms with van der Waals surface area (Å²) in [5, 5.41) is 8.68. The lowest BCUT2D eigenvalue weighted by molar-refractivity contribution is -0.118. The number of carbonyl (C=O) groups excluding carboxylic acids is 3. The topological polar surface area (TPSA) is 139 Å². The SMILES string of the molecule is Cc1cc(NC(=O)[C@H](C)NC(=O)c2ccc(N3C(=O)CCS3(=O)=O)cc2)no1. The normalized spacial score (nSPS) is 16.6. The van der Waals surface area contributed by atoms with Gasteiger partial charge in [0.25, 0.3) is 5.91 Å². The molecule has 1 aliphatic rings. The molecule has 28 heavy (non-hydrogen) atoms. The second-order valence-electron chi connectivity index (χ2n) is 6.28. The van der Waals surface area contributed by atoms with E-state index < -0.39 is 33.8 Å². The fourth-order valence-corrected chi connectivity index (χ4v) is 4.08. The molecule has 1 aliphatic heterocycles. The molecule has 0 radical (unpaired) electrons. The molecule has 1 aromatic heterocycles. The minimum Gasteiger partial charge on any atom is -0.360 e. The Morgan fingerprint density at radius 1 is 1.25 bits per heavy atom. The average molecular weight is 406 g/mol. The summed E-state index contributed by atoms with van der Waals surface area (Å²) in [6, 6.07) is 6.20. The van der Waals surface area contributed by atoms with Crippen molar-refractivity contribution in [2.24, 2.45) is 0 Å². The Bertz CT molecular complexity index is 1030. The minimum absolute atomic E-state index is 0.0672. The molecule has 0 aliphatic carbocycles. The maximum Gasteiger partial charge on any atom is 0.251 e. The lowest BCUT2D eigenvalue weighted by atomic mass is 10.1. The van der Waals surface area contributed by atoms with Gasteiger partial charge < -0.3 is 15.2 Å². The number of benzene rings is 1. The minimum atomic E-state index is -3.66. The Labute approximate surface area is 160 Å². The number of nitrogens with zero attached hydrogens (tertiary/aromatic N) is 2. The molecule has 3 rings (SSSR count). The molecule has 2 aromatic rings. The van der Waals surface area contributed by atoms with Gasteiger partial charge in [0.2, 0.25) is 21.8 Å². The van der Waals surface area contributed by atoms with E-state index in [9.17, 15) is 22.8 Å². The molecule has 2 N–H and O–H groups in total. The highest BCUT2D eigenvalue weighted by Crippen LogP contribution is 2.25. The summed E-state index contributed by atoms with van der Waals surface area (Å²) in [6.45, 7) is 3.18. The summed E-state index contributed by atoms with van der Waals surface area (Å²) in [7, 11) is -3.66. The van der Waals surface area contributed by atoms with Gasteiger partial charge in [-0.25, -0.2) is 12.7 Å². The number of aryl methyl sites for hydroxylation is 1. The number of nitrogens with one attached hydrogen (secondary N) is 2. The van der Waals surface area contributed by atoms with Crippen LogP contribution in [0.3, 0.4) is 0 Å². The van der Waals surface area contributed by atoms with Gasteiger partial charge in [0.05, 0.1) is 11.4 Å². The zero-order chi connectivity index (χ0) is 20.5. The van der Waals surface area contributed by atoms with Crippen LogP contribution in [0.15, 0.2) is 34.9 Å². The third kappa shape index (κ3) is 4.03. The highest BCUT2D eigenvalue weighted by molar-refractivity contribution is 7.94. The Hall–Kier alpha value is -3.21. The molecular weight excluding hydrogens is 388 g/mol. The van der Waals surface area contributed by atoms with E-state index in [1.165, 1.54) is 31.2 Å². The summed E-state index contributed by atoms with van der Waals surface area (Å²) >= 11 is 0. The summed E-state index contributed by atoms with van der Waals surface area (Å²) in [5.74, 6) is -0.972. The predicted molar refractivity (Wildman–Crippen MR) is 99.1 cm³/mol. The van der Waals surface area contributed by atoms with Crippen molar-refractivity contribution in [1.29, 1.82) is 0 Å². The van der Waals surface area contributed by atoms with Gasteiger partial charge >= 0.3 is 0 Å².